The summed E-state index contributed by atoms with van der Waals surface area (Å²) >= 11 is 0. The van der Waals surface area contributed by atoms with Gasteiger partial charge in [-0.05, 0) is 48.9 Å². The maximum Gasteiger partial charge on any atom is 0.258 e. The molecule has 0 radical (unpaired) electrons. The maximum absolute atomic E-state index is 13.0. The monoisotopic (exact) mass is 398 g/mol. The van der Waals surface area contributed by atoms with Gasteiger partial charge in [0.2, 0.25) is 0 Å². The Kier molecular flexibility index (Phi) is 5.06. The van der Waals surface area contributed by atoms with Crippen molar-refractivity contribution in [2.24, 2.45) is 0 Å². The molecule has 6 heteroatoms. The van der Waals surface area contributed by atoms with Crippen molar-refractivity contribution in [2.75, 3.05) is 19.0 Å². The number of anilines is 1. The Morgan fingerprint density at radius 2 is 1.67 bits per heavy atom. The van der Waals surface area contributed by atoms with Gasteiger partial charge in [0.25, 0.3) is 11.8 Å². The van der Waals surface area contributed by atoms with Crippen LogP contribution in [-0.4, -0.2) is 35.5 Å². The SMILES string of the molecule is CNC(=O)c1ccc(-c2cnn3ccc(C(=O)N(C)c4ccc(C)cc4)cc23)cc1. The van der Waals surface area contributed by atoms with Crippen LogP contribution in [0.3, 0.4) is 0 Å². The first-order chi connectivity index (χ1) is 14.5. The van der Waals surface area contributed by atoms with E-state index in [2.05, 4.69) is 10.4 Å². The highest BCUT2D eigenvalue weighted by Gasteiger charge is 2.16. The molecule has 0 aliphatic carbocycles. The summed E-state index contributed by atoms with van der Waals surface area (Å²) in [6, 6.07) is 18.8. The van der Waals surface area contributed by atoms with Crippen LogP contribution in [0.25, 0.3) is 16.6 Å². The number of hydrogen-bond donors (Lipinski definition) is 1. The smallest absolute Gasteiger partial charge is 0.258 e. The Hall–Kier alpha value is -3.93. The van der Waals surface area contributed by atoms with E-state index < -0.39 is 0 Å². The molecule has 150 valence electrons. The van der Waals surface area contributed by atoms with Gasteiger partial charge in [-0.15, -0.1) is 0 Å². The molecule has 4 rings (SSSR count). The van der Waals surface area contributed by atoms with Crippen molar-refractivity contribution in [1.82, 2.24) is 14.9 Å². The first kappa shape index (κ1) is 19.4. The minimum absolute atomic E-state index is 0.0940. The Bertz CT molecular complexity index is 1220. The third-order valence-electron chi connectivity index (χ3n) is 5.18. The molecule has 4 aromatic rings. The summed E-state index contributed by atoms with van der Waals surface area (Å²) in [6.45, 7) is 2.02. The lowest BCUT2D eigenvalue weighted by atomic mass is 10.0. The average Bonchev–Trinajstić information content (AvgIpc) is 3.21. The number of pyridine rings is 1. The van der Waals surface area contributed by atoms with E-state index in [-0.39, 0.29) is 11.8 Å². The molecule has 0 saturated heterocycles. The number of nitrogens with zero attached hydrogens (tertiary/aromatic N) is 3. The van der Waals surface area contributed by atoms with Crippen LogP contribution < -0.4 is 10.2 Å². The van der Waals surface area contributed by atoms with E-state index >= 15 is 0 Å². The molecule has 30 heavy (non-hydrogen) atoms. The Labute approximate surface area is 174 Å². The van der Waals surface area contributed by atoms with Crippen molar-refractivity contribution in [3.63, 3.8) is 0 Å². The van der Waals surface area contributed by atoms with Crippen molar-refractivity contribution < 1.29 is 9.59 Å². The molecule has 0 aliphatic heterocycles. The van der Waals surface area contributed by atoms with Crippen molar-refractivity contribution in [1.29, 1.82) is 0 Å². The number of aryl methyl sites for hydroxylation is 1. The summed E-state index contributed by atoms with van der Waals surface area (Å²) in [6.07, 6.45) is 3.55. The Morgan fingerprint density at radius 3 is 2.33 bits per heavy atom. The highest BCUT2D eigenvalue weighted by molar-refractivity contribution is 6.06. The zero-order valence-electron chi connectivity index (χ0n) is 17.1. The fourth-order valence-electron chi connectivity index (χ4n) is 3.36. The summed E-state index contributed by atoms with van der Waals surface area (Å²) in [4.78, 5) is 26.5. The minimum Gasteiger partial charge on any atom is -0.355 e. The number of rotatable bonds is 4. The van der Waals surface area contributed by atoms with Crippen molar-refractivity contribution in [3.05, 3.63) is 89.7 Å². The summed E-state index contributed by atoms with van der Waals surface area (Å²) in [5, 5.41) is 7.01. The second-order valence-corrected chi connectivity index (χ2v) is 7.16. The molecule has 0 fully saturated rings. The average molecular weight is 398 g/mol. The standard InChI is InChI=1S/C24H22N4O2/c1-16-4-10-20(11-5-16)27(3)24(30)19-12-13-28-22(14-19)21(15-26-28)17-6-8-18(9-7-17)23(29)25-2/h4-15H,1-3H3,(H,25,29). The van der Waals surface area contributed by atoms with Crippen LogP contribution in [0.2, 0.25) is 0 Å². The molecule has 2 aromatic carbocycles. The van der Waals surface area contributed by atoms with Gasteiger partial charge in [0, 0.05) is 42.7 Å². The number of amides is 2. The van der Waals surface area contributed by atoms with Gasteiger partial charge in [-0.25, -0.2) is 4.52 Å². The van der Waals surface area contributed by atoms with Gasteiger partial charge in [-0.2, -0.15) is 5.10 Å². The van der Waals surface area contributed by atoms with E-state index in [0.717, 1.165) is 27.9 Å². The van der Waals surface area contributed by atoms with Crippen LogP contribution in [-0.2, 0) is 0 Å². The summed E-state index contributed by atoms with van der Waals surface area (Å²) in [5.41, 5.74) is 5.80. The van der Waals surface area contributed by atoms with Crippen molar-refractivity contribution in [3.8, 4) is 11.1 Å². The maximum atomic E-state index is 13.0. The molecule has 0 atom stereocenters. The third-order valence-corrected chi connectivity index (χ3v) is 5.18. The topological polar surface area (TPSA) is 66.7 Å². The van der Waals surface area contributed by atoms with E-state index in [9.17, 15) is 9.59 Å². The largest absolute Gasteiger partial charge is 0.355 e. The molecule has 2 aromatic heterocycles. The minimum atomic E-state index is -0.131. The van der Waals surface area contributed by atoms with Crippen LogP contribution in [0, 0.1) is 6.92 Å². The molecule has 0 spiro atoms. The highest BCUT2D eigenvalue weighted by atomic mass is 16.2. The van der Waals surface area contributed by atoms with Crippen LogP contribution in [0.1, 0.15) is 26.3 Å². The van der Waals surface area contributed by atoms with E-state index in [0.29, 0.717) is 11.1 Å². The van der Waals surface area contributed by atoms with Crippen LogP contribution in [0.15, 0.2) is 73.1 Å². The molecular weight excluding hydrogens is 376 g/mol. The van der Waals surface area contributed by atoms with Gasteiger partial charge < -0.3 is 10.2 Å². The summed E-state index contributed by atoms with van der Waals surface area (Å²) in [5.74, 6) is -0.225. The number of carbonyl (C=O) groups is 2. The highest BCUT2D eigenvalue weighted by Crippen LogP contribution is 2.26. The number of nitrogens with one attached hydrogen (secondary N) is 1. The Balaban J connectivity index is 1.68. The van der Waals surface area contributed by atoms with Crippen molar-refractivity contribution >= 4 is 23.0 Å². The fraction of sp³-hybridized carbons (Fsp3) is 0.125. The van der Waals surface area contributed by atoms with Crippen LogP contribution in [0.5, 0.6) is 0 Å². The first-order valence-corrected chi connectivity index (χ1v) is 9.62. The predicted molar refractivity (Wildman–Crippen MR) is 118 cm³/mol. The Morgan fingerprint density at radius 1 is 0.967 bits per heavy atom. The van der Waals surface area contributed by atoms with Gasteiger partial charge >= 0.3 is 0 Å². The second kappa shape index (κ2) is 7.83. The molecule has 0 saturated carbocycles. The normalized spacial score (nSPS) is 10.8. The van der Waals surface area contributed by atoms with Crippen molar-refractivity contribution in [2.45, 2.75) is 6.92 Å². The summed E-state index contributed by atoms with van der Waals surface area (Å²) < 4.78 is 1.74. The fourth-order valence-corrected chi connectivity index (χ4v) is 3.36. The summed E-state index contributed by atoms with van der Waals surface area (Å²) in [7, 11) is 3.37. The quantitative estimate of drug-likeness (QED) is 0.566. The third kappa shape index (κ3) is 3.55. The molecule has 6 nitrogen and oxygen atoms in total. The van der Waals surface area contributed by atoms with E-state index in [4.69, 9.17) is 0 Å². The van der Waals surface area contributed by atoms with Gasteiger partial charge in [-0.1, -0.05) is 29.8 Å². The zero-order chi connectivity index (χ0) is 21.3. The van der Waals surface area contributed by atoms with Crippen LogP contribution in [0.4, 0.5) is 5.69 Å². The van der Waals surface area contributed by atoms with Gasteiger partial charge in [0.1, 0.15) is 0 Å². The zero-order valence-corrected chi connectivity index (χ0v) is 17.1. The lowest BCUT2D eigenvalue weighted by molar-refractivity contribution is 0.0961. The molecular formula is C24H22N4O2. The van der Waals surface area contributed by atoms with Crippen LogP contribution >= 0.6 is 0 Å². The number of fused-ring (bicyclic) bond motifs is 1. The molecule has 2 amide bonds. The molecule has 2 heterocycles. The molecule has 1 N–H and O–H groups in total. The van der Waals surface area contributed by atoms with Gasteiger partial charge in [-0.3, -0.25) is 9.59 Å². The number of hydrogen-bond acceptors (Lipinski definition) is 3. The number of benzene rings is 2. The lowest BCUT2D eigenvalue weighted by Crippen LogP contribution is -2.26. The molecule has 0 unspecified atom stereocenters. The first-order valence-electron chi connectivity index (χ1n) is 9.62. The van der Waals surface area contributed by atoms with Gasteiger partial charge in [0.05, 0.1) is 11.7 Å². The number of carbonyl (C=O) groups excluding carboxylic acids is 2. The van der Waals surface area contributed by atoms with Gasteiger partial charge in [0.15, 0.2) is 0 Å². The van der Waals surface area contributed by atoms with E-state index in [1.807, 2.05) is 49.4 Å². The number of aromatic nitrogens is 2. The second-order valence-electron chi connectivity index (χ2n) is 7.16. The van der Waals surface area contributed by atoms with E-state index in [1.165, 1.54) is 0 Å². The lowest BCUT2D eigenvalue weighted by Gasteiger charge is -2.17. The molecule has 0 bridgehead atoms. The predicted octanol–water partition coefficient (Wildman–Crippen LogP) is 3.95. The van der Waals surface area contributed by atoms with E-state index in [1.54, 1.807) is 54.1 Å². The molecule has 0 aliphatic rings.